The van der Waals surface area contributed by atoms with Gasteiger partial charge in [0.15, 0.2) is 0 Å². The van der Waals surface area contributed by atoms with Gasteiger partial charge in [0.25, 0.3) is 11.7 Å². The van der Waals surface area contributed by atoms with Gasteiger partial charge in [-0.05, 0) is 86.8 Å². The van der Waals surface area contributed by atoms with Crippen molar-refractivity contribution < 1.29 is 29.0 Å². The van der Waals surface area contributed by atoms with Crippen LogP contribution in [-0.2, 0) is 14.3 Å². The zero-order valence-electron chi connectivity index (χ0n) is 22.7. The quantitative estimate of drug-likeness (QED) is 0.171. The Morgan fingerprint density at radius 3 is 2.28 bits per heavy atom. The molecule has 1 fully saturated rings. The lowest BCUT2D eigenvalue weighted by atomic mass is 9.94. The van der Waals surface area contributed by atoms with Gasteiger partial charge in [0.1, 0.15) is 17.6 Å². The van der Waals surface area contributed by atoms with E-state index in [0.29, 0.717) is 34.9 Å². The van der Waals surface area contributed by atoms with Crippen molar-refractivity contribution >= 4 is 29.1 Å². The van der Waals surface area contributed by atoms with E-state index in [2.05, 4.69) is 4.98 Å². The number of carbonyl (C=O) groups excluding carboxylic acids is 3. The first-order chi connectivity index (χ1) is 18.6. The normalized spacial score (nSPS) is 16.7. The third-order valence-corrected chi connectivity index (χ3v) is 6.34. The van der Waals surface area contributed by atoms with Gasteiger partial charge in [-0.3, -0.25) is 19.5 Å². The van der Waals surface area contributed by atoms with Crippen LogP contribution >= 0.6 is 0 Å². The Morgan fingerprint density at radius 1 is 1.00 bits per heavy atom. The summed E-state index contributed by atoms with van der Waals surface area (Å²) in [5, 5.41) is 11.5. The van der Waals surface area contributed by atoms with Gasteiger partial charge in [0.05, 0.1) is 29.5 Å². The predicted octanol–water partition coefficient (Wildman–Crippen LogP) is 5.80. The van der Waals surface area contributed by atoms with Crippen LogP contribution in [0.15, 0.2) is 72.4 Å². The fourth-order valence-electron chi connectivity index (χ4n) is 4.55. The molecule has 0 aliphatic carbocycles. The van der Waals surface area contributed by atoms with Crippen molar-refractivity contribution in [2.45, 2.75) is 52.7 Å². The Bertz CT molecular complexity index is 1410. The summed E-state index contributed by atoms with van der Waals surface area (Å²) in [6.45, 7) is 9.92. The largest absolute Gasteiger partial charge is 0.507 e. The average Bonchev–Trinajstić information content (AvgIpc) is 3.18. The molecule has 2 aromatic carbocycles. The van der Waals surface area contributed by atoms with Crippen molar-refractivity contribution in [1.29, 1.82) is 0 Å². The standard InChI is InChI=1S/C31H32N2O6/c1-6-38-25-15-12-21(17-23(25)18(2)3)28(34)26-27(24-9-7-8-16-32-24)33(30(36)29(26)35)22-13-10-20(11-14-22)31(37)39-19(4)5/h7-19,27,34H,6H2,1-5H3/b28-26-. The first kappa shape index (κ1) is 27.6. The van der Waals surface area contributed by atoms with Gasteiger partial charge in [-0.25, -0.2) is 4.79 Å². The van der Waals surface area contributed by atoms with E-state index >= 15 is 0 Å². The molecule has 2 heterocycles. The molecular weight excluding hydrogens is 496 g/mol. The number of esters is 1. The molecule has 1 aliphatic heterocycles. The molecule has 0 radical (unpaired) electrons. The number of aliphatic hydroxyl groups excluding tert-OH is 1. The predicted molar refractivity (Wildman–Crippen MR) is 148 cm³/mol. The molecule has 1 saturated heterocycles. The van der Waals surface area contributed by atoms with E-state index in [9.17, 15) is 19.5 Å². The number of ketones is 1. The Kier molecular flexibility index (Phi) is 8.14. The van der Waals surface area contributed by atoms with Gasteiger partial charge >= 0.3 is 5.97 Å². The molecule has 1 amide bonds. The minimum Gasteiger partial charge on any atom is -0.507 e. The topological polar surface area (TPSA) is 106 Å². The molecular formula is C31H32N2O6. The highest BCUT2D eigenvalue weighted by Gasteiger charge is 2.47. The van der Waals surface area contributed by atoms with E-state index in [1.165, 1.54) is 17.0 Å². The van der Waals surface area contributed by atoms with Crippen molar-refractivity contribution in [3.05, 3.63) is 94.8 Å². The van der Waals surface area contributed by atoms with Crippen LogP contribution in [0, 0.1) is 0 Å². The third kappa shape index (κ3) is 5.55. The molecule has 1 unspecified atom stereocenters. The van der Waals surface area contributed by atoms with Crippen LogP contribution in [0.2, 0.25) is 0 Å². The minimum absolute atomic E-state index is 0.0686. The number of hydrogen-bond donors (Lipinski definition) is 1. The van der Waals surface area contributed by atoms with Gasteiger partial charge in [-0.2, -0.15) is 0 Å². The van der Waals surface area contributed by atoms with Crippen LogP contribution in [0.3, 0.4) is 0 Å². The zero-order valence-corrected chi connectivity index (χ0v) is 22.7. The highest BCUT2D eigenvalue weighted by atomic mass is 16.5. The summed E-state index contributed by atoms with van der Waals surface area (Å²) in [5.74, 6) is -1.63. The van der Waals surface area contributed by atoms with Crippen LogP contribution < -0.4 is 9.64 Å². The molecule has 0 spiro atoms. The number of benzene rings is 2. The number of rotatable bonds is 8. The summed E-state index contributed by atoms with van der Waals surface area (Å²) in [6, 6.07) is 15.6. The van der Waals surface area contributed by atoms with E-state index in [1.807, 2.05) is 20.8 Å². The second-order valence-corrected chi connectivity index (χ2v) is 9.76. The SMILES string of the molecule is CCOc1ccc(/C(O)=C2/C(=O)C(=O)N(c3ccc(C(=O)OC(C)C)cc3)C2c2ccccn2)cc1C(C)C. The van der Waals surface area contributed by atoms with Crippen molar-refractivity contribution in [3.63, 3.8) is 0 Å². The Morgan fingerprint density at radius 2 is 1.69 bits per heavy atom. The number of Topliss-reactive ketones (excluding diaryl/α,β-unsaturated/α-hetero) is 1. The first-order valence-corrected chi connectivity index (χ1v) is 12.9. The fraction of sp³-hybridized carbons (Fsp3) is 0.290. The number of aromatic nitrogens is 1. The van der Waals surface area contributed by atoms with Crippen LogP contribution in [0.4, 0.5) is 5.69 Å². The Balaban J connectivity index is 1.84. The molecule has 4 rings (SSSR count). The number of nitrogens with zero attached hydrogens (tertiary/aromatic N) is 2. The lowest BCUT2D eigenvalue weighted by Crippen LogP contribution is -2.29. The van der Waals surface area contributed by atoms with E-state index in [-0.39, 0.29) is 23.4 Å². The third-order valence-electron chi connectivity index (χ3n) is 6.34. The molecule has 0 bridgehead atoms. The molecule has 8 nitrogen and oxygen atoms in total. The fourth-order valence-corrected chi connectivity index (χ4v) is 4.55. The second kappa shape index (κ2) is 11.5. The van der Waals surface area contributed by atoms with Gasteiger partial charge in [-0.15, -0.1) is 0 Å². The number of aliphatic hydroxyl groups is 1. The number of carbonyl (C=O) groups is 3. The maximum atomic E-state index is 13.4. The van der Waals surface area contributed by atoms with E-state index in [1.54, 1.807) is 68.6 Å². The van der Waals surface area contributed by atoms with Crippen molar-refractivity contribution in [3.8, 4) is 5.75 Å². The molecule has 1 N–H and O–H groups in total. The van der Waals surface area contributed by atoms with Gasteiger partial charge < -0.3 is 14.6 Å². The van der Waals surface area contributed by atoms with Gasteiger partial charge in [0.2, 0.25) is 0 Å². The monoisotopic (exact) mass is 528 g/mol. The van der Waals surface area contributed by atoms with Crippen LogP contribution in [0.1, 0.15) is 73.8 Å². The Hall–Kier alpha value is -4.46. The highest BCUT2D eigenvalue weighted by molar-refractivity contribution is 6.51. The molecule has 202 valence electrons. The lowest BCUT2D eigenvalue weighted by molar-refractivity contribution is -0.132. The summed E-state index contributed by atoms with van der Waals surface area (Å²) in [7, 11) is 0. The maximum Gasteiger partial charge on any atom is 0.338 e. The summed E-state index contributed by atoms with van der Waals surface area (Å²) in [5.41, 5.74) is 2.30. The van der Waals surface area contributed by atoms with E-state index in [4.69, 9.17) is 9.47 Å². The van der Waals surface area contributed by atoms with Gasteiger partial charge in [-0.1, -0.05) is 19.9 Å². The van der Waals surface area contributed by atoms with Gasteiger partial charge in [0, 0.05) is 17.4 Å². The molecule has 1 aliphatic rings. The number of hydrogen-bond acceptors (Lipinski definition) is 7. The second-order valence-electron chi connectivity index (χ2n) is 9.76. The molecule has 3 aromatic rings. The average molecular weight is 529 g/mol. The summed E-state index contributed by atoms with van der Waals surface area (Å²) in [4.78, 5) is 44.9. The van der Waals surface area contributed by atoms with E-state index in [0.717, 1.165) is 5.56 Å². The molecule has 1 aromatic heterocycles. The summed E-state index contributed by atoms with van der Waals surface area (Å²) >= 11 is 0. The lowest BCUT2D eigenvalue weighted by Gasteiger charge is -2.25. The summed E-state index contributed by atoms with van der Waals surface area (Å²) < 4.78 is 11.0. The molecule has 8 heteroatoms. The number of pyridine rings is 1. The number of ether oxygens (including phenoxy) is 2. The Labute approximate surface area is 227 Å². The first-order valence-electron chi connectivity index (χ1n) is 12.9. The van der Waals surface area contributed by atoms with Crippen LogP contribution in [-0.4, -0.2) is 40.5 Å². The minimum atomic E-state index is -0.978. The molecule has 0 saturated carbocycles. The number of amides is 1. The van der Waals surface area contributed by atoms with Crippen molar-refractivity contribution in [2.24, 2.45) is 0 Å². The van der Waals surface area contributed by atoms with Crippen LogP contribution in [0.5, 0.6) is 5.75 Å². The maximum absolute atomic E-state index is 13.4. The number of anilines is 1. The molecule has 1 atom stereocenters. The highest BCUT2D eigenvalue weighted by Crippen LogP contribution is 2.42. The van der Waals surface area contributed by atoms with E-state index < -0.39 is 23.7 Å². The summed E-state index contributed by atoms with van der Waals surface area (Å²) in [6.07, 6.45) is 1.28. The zero-order chi connectivity index (χ0) is 28.3. The van der Waals surface area contributed by atoms with Crippen molar-refractivity contribution in [1.82, 2.24) is 4.98 Å². The van der Waals surface area contributed by atoms with Crippen LogP contribution in [0.25, 0.3) is 5.76 Å². The molecule has 39 heavy (non-hydrogen) atoms. The van der Waals surface area contributed by atoms with Crippen molar-refractivity contribution in [2.75, 3.05) is 11.5 Å². The smallest absolute Gasteiger partial charge is 0.338 e.